The van der Waals surface area contributed by atoms with E-state index in [2.05, 4.69) is 49.1 Å². The van der Waals surface area contributed by atoms with Gasteiger partial charge < -0.3 is 5.11 Å². The minimum absolute atomic E-state index is 0.547. The Labute approximate surface area is 147 Å². The molecule has 1 aliphatic heterocycles. The molecule has 0 aromatic heterocycles. The van der Waals surface area contributed by atoms with Gasteiger partial charge in [-0.1, -0.05) is 56.2 Å². The van der Waals surface area contributed by atoms with Crippen molar-refractivity contribution in [3.05, 3.63) is 41.0 Å². The first-order chi connectivity index (χ1) is 11.6. The number of likely N-dealkylation sites (tertiary alicyclic amines) is 1. The summed E-state index contributed by atoms with van der Waals surface area (Å²) in [6, 6.07) is 9.69. The molecule has 1 saturated heterocycles. The van der Waals surface area contributed by atoms with Crippen LogP contribution in [-0.4, -0.2) is 34.7 Å². The van der Waals surface area contributed by atoms with Gasteiger partial charge in [0.15, 0.2) is 0 Å². The molecule has 1 aromatic rings. The van der Waals surface area contributed by atoms with Crippen LogP contribution in [0, 0.1) is 0 Å². The molecule has 1 heterocycles. The normalized spacial score (nSPS) is 20.0. The summed E-state index contributed by atoms with van der Waals surface area (Å²) in [5, 5.41) is 10.5. The summed E-state index contributed by atoms with van der Waals surface area (Å²) in [6.45, 7) is 6.62. The van der Waals surface area contributed by atoms with Crippen LogP contribution in [-0.2, 0) is 6.42 Å². The Morgan fingerprint density at radius 2 is 1.71 bits per heavy atom. The molecule has 1 N–H and O–H groups in total. The van der Waals surface area contributed by atoms with E-state index in [1.54, 1.807) is 5.57 Å². The van der Waals surface area contributed by atoms with Gasteiger partial charge in [0.2, 0.25) is 0 Å². The van der Waals surface area contributed by atoms with Crippen molar-refractivity contribution in [3.8, 4) is 0 Å². The zero-order valence-electron chi connectivity index (χ0n) is 15.4. The molecule has 0 atom stereocenters. The minimum Gasteiger partial charge on any atom is -0.390 e. The standard InChI is InChI=1S/C22H33NO/c1-3-22(24,4-2)17-20-10-8-18(9-11-20)16-19-12-14-23(15-13-19)21-6-5-7-21/h8-11,16,21,24H,3-7,12-15,17H2,1-2H3. The first-order valence-electron chi connectivity index (χ1n) is 9.87. The maximum atomic E-state index is 10.5. The van der Waals surface area contributed by atoms with Gasteiger partial charge in [0.05, 0.1) is 5.60 Å². The number of piperidine rings is 1. The SMILES string of the molecule is CCC(O)(CC)Cc1ccc(C=C2CCN(C3CCC3)CC2)cc1. The van der Waals surface area contributed by atoms with Gasteiger partial charge in [-0.2, -0.15) is 0 Å². The lowest BCUT2D eigenvalue weighted by molar-refractivity contribution is 0.0326. The van der Waals surface area contributed by atoms with Crippen molar-refractivity contribution in [2.75, 3.05) is 13.1 Å². The van der Waals surface area contributed by atoms with Crippen LogP contribution in [0.15, 0.2) is 29.8 Å². The first-order valence-corrected chi connectivity index (χ1v) is 9.87. The van der Waals surface area contributed by atoms with E-state index in [1.165, 1.54) is 56.3 Å². The zero-order valence-corrected chi connectivity index (χ0v) is 15.4. The average molecular weight is 328 g/mol. The number of aliphatic hydroxyl groups is 1. The summed E-state index contributed by atoms with van der Waals surface area (Å²) >= 11 is 0. The zero-order chi connectivity index (χ0) is 17.0. The lowest BCUT2D eigenvalue weighted by atomic mass is 9.88. The molecule has 0 amide bonds. The van der Waals surface area contributed by atoms with Crippen molar-refractivity contribution in [2.24, 2.45) is 0 Å². The smallest absolute Gasteiger partial charge is 0.0682 e. The van der Waals surface area contributed by atoms with E-state index < -0.39 is 5.60 Å². The highest BCUT2D eigenvalue weighted by Crippen LogP contribution is 2.29. The molecule has 0 unspecified atom stereocenters. The highest BCUT2D eigenvalue weighted by atomic mass is 16.3. The van der Waals surface area contributed by atoms with Gasteiger partial charge in [0.25, 0.3) is 0 Å². The Balaban J connectivity index is 1.56. The fraction of sp³-hybridized carbons (Fsp3) is 0.636. The lowest BCUT2D eigenvalue weighted by Gasteiger charge is -2.40. The van der Waals surface area contributed by atoms with Gasteiger partial charge in [0.1, 0.15) is 0 Å². The van der Waals surface area contributed by atoms with Crippen LogP contribution >= 0.6 is 0 Å². The second-order valence-electron chi connectivity index (χ2n) is 7.77. The third-order valence-corrected chi connectivity index (χ3v) is 6.23. The van der Waals surface area contributed by atoms with E-state index in [1.807, 2.05) is 0 Å². The van der Waals surface area contributed by atoms with Gasteiger partial charge in [0, 0.05) is 25.6 Å². The molecule has 3 rings (SSSR count). The van der Waals surface area contributed by atoms with E-state index in [-0.39, 0.29) is 0 Å². The summed E-state index contributed by atoms with van der Waals surface area (Å²) < 4.78 is 0. The summed E-state index contributed by atoms with van der Waals surface area (Å²) in [6.07, 6.45) is 11.5. The van der Waals surface area contributed by atoms with E-state index >= 15 is 0 Å². The van der Waals surface area contributed by atoms with Gasteiger partial charge >= 0.3 is 0 Å². The predicted molar refractivity (Wildman–Crippen MR) is 102 cm³/mol. The number of rotatable bonds is 6. The molecule has 24 heavy (non-hydrogen) atoms. The van der Waals surface area contributed by atoms with Gasteiger partial charge in [-0.25, -0.2) is 0 Å². The second kappa shape index (κ2) is 7.84. The van der Waals surface area contributed by atoms with Crippen molar-refractivity contribution in [1.29, 1.82) is 0 Å². The van der Waals surface area contributed by atoms with Crippen molar-refractivity contribution in [3.63, 3.8) is 0 Å². The van der Waals surface area contributed by atoms with E-state index in [0.29, 0.717) is 0 Å². The van der Waals surface area contributed by atoms with Crippen LogP contribution < -0.4 is 0 Å². The Kier molecular flexibility index (Phi) is 5.78. The van der Waals surface area contributed by atoms with Crippen LogP contribution in [0.4, 0.5) is 0 Å². The monoisotopic (exact) mass is 327 g/mol. The molecular weight excluding hydrogens is 294 g/mol. The Morgan fingerprint density at radius 3 is 2.21 bits per heavy atom. The van der Waals surface area contributed by atoms with Crippen LogP contribution in [0.2, 0.25) is 0 Å². The number of nitrogens with zero attached hydrogens (tertiary/aromatic N) is 1. The first kappa shape index (κ1) is 17.7. The molecule has 2 fully saturated rings. The van der Waals surface area contributed by atoms with Crippen molar-refractivity contribution >= 4 is 6.08 Å². The molecule has 1 aromatic carbocycles. The third-order valence-electron chi connectivity index (χ3n) is 6.23. The predicted octanol–water partition coefficient (Wildman–Crippen LogP) is 4.81. The summed E-state index contributed by atoms with van der Waals surface area (Å²) in [7, 11) is 0. The molecule has 0 radical (unpaired) electrons. The molecule has 0 spiro atoms. The van der Waals surface area contributed by atoms with Crippen molar-refractivity contribution < 1.29 is 5.11 Å². The topological polar surface area (TPSA) is 23.5 Å². The lowest BCUT2D eigenvalue weighted by Crippen LogP contribution is -2.43. The fourth-order valence-electron chi connectivity index (χ4n) is 3.92. The molecule has 2 heteroatoms. The number of hydrogen-bond acceptors (Lipinski definition) is 2. The molecule has 1 aliphatic carbocycles. The van der Waals surface area contributed by atoms with E-state index in [9.17, 15) is 5.11 Å². The van der Waals surface area contributed by atoms with Crippen molar-refractivity contribution in [2.45, 2.75) is 76.9 Å². The van der Waals surface area contributed by atoms with Crippen LogP contribution in [0.25, 0.3) is 6.08 Å². The number of hydrogen-bond donors (Lipinski definition) is 1. The average Bonchev–Trinajstić information content (AvgIpc) is 2.57. The van der Waals surface area contributed by atoms with Crippen molar-refractivity contribution in [1.82, 2.24) is 4.90 Å². The third kappa shape index (κ3) is 4.29. The van der Waals surface area contributed by atoms with Gasteiger partial charge in [-0.15, -0.1) is 0 Å². The Bertz CT molecular complexity index is 542. The minimum atomic E-state index is -0.547. The molecular formula is C22H33NO. The maximum Gasteiger partial charge on any atom is 0.0682 e. The quantitative estimate of drug-likeness (QED) is 0.810. The molecule has 1 saturated carbocycles. The summed E-state index contributed by atoms with van der Waals surface area (Å²) in [4.78, 5) is 2.69. The van der Waals surface area contributed by atoms with E-state index in [0.717, 1.165) is 25.3 Å². The molecule has 2 aliphatic rings. The highest BCUT2D eigenvalue weighted by molar-refractivity contribution is 5.53. The Morgan fingerprint density at radius 1 is 1.08 bits per heavy atom. The molecule has 2 nitrogen and oxygen atoms in total. The molecule has 0 bridgehead atoms. The largest absolute Gasteiger partial charge is 0.390 e. The van der Waals surface area contributed by atoms with E-state index in [4.69, 9.17) is 0 Å². The summed E-state index contributed by atoms with van der Waals surface area (Å²) in [5.74, 6) is 0. The second-order valence-corrected chi connectivity index (χ2v) is 7.77. The van der Waals surface area contributed by atoms with Crippen LogP contribution in [0.3, 0.4) is 0 Å². The van der Waals surface area contributed by atoms with Gasteiger partial charge in [-0.3, -0.25) is 4.90 Å². The highest BCUT2D eigenvalue weighted by Gasteiger charge is 2.26. The molecule has 132 valence electrons. The van der Waals surface area contributed by atoms with Gasteiger partial charge in [-0.05, 0) is 49.7 Å². The maximum absolute atomic E-state index is 10.5. The summed E-state index contributed by atoms with van der Waals surface area (Å²) in [5.41, 5.74) is 3.59. The van der Waals surface area contributed by atoms with Crippen LogP contribution in [0.1, 0.15) is 69.9 Å². The fourth-order valence-corrected chi connectivity index (χ4v) is 3.92. The number of benzene rings is 1. The van der Waals surface area contributed by atoms with Crippen LogP contribution in [0.5, 0.6) is 0 Å². The Hall–Kier alpha value is -1.12.